The van der Waals surface area contributed by atoms with Gasteiger partial charge in [0.25, 0.3) is 5.91 Å². The van der Waals surface area contributed by atoms with Crippen LogP contribution in [0.2, 0.25) is 0 Å². The van der Waals surface area contributed by atoms with Gasteiger partial charge in [0.2, 0.25) is 0 Å². The number of carbonyl (C=O) groups is 1. The van der Waals surface area contributed by atoms with Gasteiger partial charge in [0.05, 0.1) is 5.56 Å². The lowest BCUT2D eigenvalue weighted by Gasteiger charge is -2.26. The molecule has 0 spiro atoms. The molecule has 22 heavy (non-hydrogen) atoms. The summed E-state index contributed by atoms with van der Waals surface area (Å²) in [6.45, 7) is 6.23. The summed E-state index contributed by atoms with van der Waals surface area (Å²) < 4.78 is 0. The van der Waals surface area contributed by atoms with Crippen molar-refractivity contribution in [3.05, 3.63) is 35.5 Å². The van der Waals surface area contributed by atoms with Crippen LogP contribution in [0.5, 0.6) is 0 Å². The highest BCUT2D eigenvalue weighted by atomic mass is 16.1. The molecule has 0 unspecified atom stereocenters. The maximum absolute atomic E-state index is 12.4. The van der Waals surface area contributed by atoms with E-state index in [0.717, 1.165) is 41.7 Å². The molecule has 0 aliphatic carbocycles. The zero-order valence-corrected chi connectivity index (χ0v) is 13.3. The van der Waals surface area contributed by atoms with Crippen LogP contribution in [-0.4, -0.2) is 42.0 Å². The topological polar surface area (TPSA) is 48.1 Å². The molecule has 1 aromatic carbocycles. The lowest BCUT2D eigenvalue weighted by molar-refractivity contribution is 0.0952. The quantitative estimate of drug-likeness (QED) is 0.834. The van der Waals surface area contributed by atoms with Crippen LogP contribution in [0.4, 0.5) is 0 Å². The molecule has 1 aliphatic rings. The van der Waals surface area contributed by atoms with Crippen molar-refractivity contribution in [3.8, 4) is 0 Å². The summed E-state index contributed by atoms with van der Waals surface area (Å²) in [5.41, 5.74) is 2.75. The number of aromatic amines is 1. The minimum absolute atomic E-state index is 0.0357. The molecule has 118 valence electrons. The van der Waals surface area contributed by atoms with Gasteiger partial charge in [-0.05, 0) is 51.9 Å². The minimum Gasteiger partial charge on any atom is -0.358 e. The number of hydrogen-bond donors (Lipinski definition) is 2. The molecule has 2 N–H and O–H groups in total. The molecule has 4 heteroatoms. The average Bonchev–Trinajstić information content (AvgIpc) is 2.88. The van der Waals surface area contributed by atoms with E-state index in [1.807, 2.05) is 31.2 Å². The molecular formula is C18H25N3O. The van der Waals surface area contributed by atoms with Crippen LogP contribution >= 0.6 is 0 Å². The Morgan fingerprint density at radius 2 is 2.00 bits per heavy atom. The van der Waals surface area contributed by atoms with Crippen LogP contribution in [0.15, 0.2) is 24.3 Å². The van der Waals surface area contributed by atoms with Crippen LogP contribution in [0, 0.1) is 6.92 Å². The summed E-state index contributed by atoms with van der Waals surface area (Å²) in [7, 11) is 0. The third kappa shape index (κ3) is 3.33. The van der Waals surface area contributed by atoms with E-state index in [2.05, 4.69) is 15.2 Å². The first-order valence-electron chi connectivity index (χ1n) is 8.33. The molecular weight excluding hydrogens is 274 g/mol. The van der Waals surface area contributed by atoms with Crippen LogP contribution < -0.4 is 5.32 Å². The van der Waals surface area contributed by atoms with E-state index < -0.39 is 0 Å². The Balaban J connectivity index is 1.54. The number of benzene rings is 1. The van der Waals surface area contributed by atoms with Gasteiger partial charge in [0, 0.05) is 23.1 Å². The number of piperidine rings is 1. The molecule has 2 aromatic rings. The number of carbonyl (C=O) groups excluding carboxylic acids is 1. The van der Waals surface area contributed by atoms with E-state index in [1.54, 1.807) is 0 Å². The average molecular weight is 299 g/mol. The standard InChI is InChI=1S/C18H25N3O/c1-14-17(15-8-3-4-9-16(15)20-14)18(22)19-10-7-13-21-11-5-2-6-12-21/h3-4,8-9,20H,2,5-7,10-13H2,1H3,(H,19,22). The zero-order valence-electron chi connectivity index (χ0n) is 13.3. The number of nitrogens with zero attached hydrogens (tertiary/aromatic N) is 1. The molecule has 1 saturated heterocycles. The fourth-order valence-corrected chi connectivity index (χ4v) is 3.35. The Hall–Kier alpha value is -1.81. The van der Waals surface area contributed by atoms with E-state index in [4.69, 9.17) is 0 Å². The Morgan fingerprint density at radius 3 is 2.82 bits per heavy atom. The van der Waals surface area contributed by atoms with Gasteiger partial charge in [-0.3, -0.25) is 4.79 Å². The van der Waals surface area contributed by atoms with E-state index in [1.165, 1.54) is 32.4 Å². The molecule has 0 bridgehead atoms. The van der Waals surface area contributed by atoms with Crippen LogP contribution in [0.3, 0.4) is 0 Å². The number of para-hydroxylation sites is 1. The van der Waals surface area contributed by atoms with Crippen molar-refractivity contribution < 1.29 is 4.79 Å². The molecule has 1 aliphatic heterocycles. The molecule has 1 aromatic heterocycles. The SMILES string of the molecule is Cc1[nH]c2ccccc2c1C(=O)NCCCN1CCCCC1. The maximum Gasteiger partial charge on any atom is 0.253 e. The number of hydrogen-bond acceptors (Lipinski definition) is 2. The number of fused-ring (bicyclic) bond motifs is 1. The molecule has 3 rings (SSSR count). The Morgan fingerprint density at radius 1 is 1.23 bits per heavy atom. The van der Waals surface area contributed by atoms with Gasteiger partial charge in [-0.1, -0.05) is 24.6 Å². The molecule has 0 saturated carbocycles. The second-order valence-corrected chi connectivity index (χ2v) is 6.18. The van der Waals surface area contributed by atoms with Crippen LogP contribution in [0.25, 0.3) is 10.9 Å². The summed E-state index contributed by atoms with van der Waals surface area (Å²) in [5, 5.41) is 4.08. The highest BCUT2D eigenvalue weighted by Crippen LogP contribution is 2.21. The fraction of sp³-hybridized carbons (Fsp3) is 0.500. The van der Waals surface area contributed by atoms with E-state index in [0.29, 0.717) is 0 Å². The predicted octanol–water partition coefficient (Wildman–Crippen LogP) is 3.08. The number of H-pyrrole nitrogens is 1. The number of aryl methyl sites for hydroxylation is 1. The maximum atomic E-state index is 12.4. The predicted molar refractivity (Wildman–Crippen MR) is 90.3 cm³/mol. The van der Waals surface area contributed by atoms with Gasteiger partial charge in [-0.25, -0.2) is 0 Å². The van der Waals surface area contributed by atoms with Crippen molar-refractivity contribution in [2.45, 2.75) is 32.6 Å². The van der Waals surface area contributed by atoms with Gasteiger partial charge in [-0.15, -0.1) is 0 Å². The van der Waals surface area contributed by atoms with Gasteiger partial charge < -0.3 is 15.2 Å². The van der Waals surface area contributed by atoms with Gasteiger partial charge in [0.1, 0.15) is 0 Å². The Bertz CT molecular complexity index is 641. The van der Waals surface area contributed by atoms with E-state index in [9.17, 15) is 4.79 Å². The third-order valence-corrected chi connectivity index (χ3v) is 4.51. The summed E-state index contributed by atoms with van der Waals surface area (Å²) in [6, 6.07) is 7.97. The number of nitrogens with one attached hydrogen (secondary N) is 2. The second kappa shape index (κ2) is 6.97. The number of rotatable bonds is 5. The van der Waals surface area contributed by atoms with Crippen molar-refractivity contribution in [1.82, 2.24) is 15.2 Å². The van der Waals surface area contributed by atoms with Crippen molar-refractivity contribution in [1.29, 1.82) is 0 Å². The normalized spacial score (nSPS) is 16.0. The minimum atomic E-state index is 0.0357. The molecule has 2 heterocycles. The summed E-state index contributed by atoms with van der Waals surface area (Å²) >= 11 is 0. The molecule has 4 nitrogen and oxygen atoms in total. The summed E-state index contributed by atoms with van der Waals surface area (Å²) in [6.07, 6.45) is 5.03. The molecule has 1 amide bonds. The first-order chi connectivity index (χ1) is 10.8. The number of amides is 1. The highest BCUT2D eigenvalue weighted by molar-refractivity contribution is 6.08. The van der Waals surface area contributed by atoms with Crippen molar-refractivity contribution in [3.63, 3.8) is 0 Å². The van der Waals surface area contributed by atoms with Crippen molar-refractivity contribution in [2.75, 3.05) is 26.2 Å². The lowest BCUT2D eigenvalue weighted by atomic mass is 10.1. The van der Waals surface area contributed by atoms with Gasteiger partial charge >= 0.3 is 0 Å². The van der Waals surface area contributed by atoms with Crippen LogP contribution in [-0.2, 0) is 0 Å². The second-order valence-electron chi connectivity index (χ2n) is 6.18. The van der Waals surface area contributed by atoms with Crippen molar-refractivity contribution >= 4 is 16.8 Å². The third-order valence-electron chi connectivity index (χ3n) is 4.51. The summed E-state index contributed by atoms with van der Waals surface area (Å²) in [4.78, 5) is 18.2. The van der Waals surface area contributed by atoms with Gasteiger partial charge in [0.15, 0.2) is 0 Å². The molecule has 0 atom stereocenters. The Kier molecular flexibility index (Phi) is 4.78. The van der Waals surface area contributed by atoms with Gasteiger partial charge in [-0.2, -0.15) is 0 Å². The highest BCUT2D eigenvalue weighted by Gasteiger charge is 2.15. The number of aromatic nitrogens is 1. The lowest BCUT2D eigenvalue weighted by Crippen LogP contribution is -2.33. The first kappa shape index (κ1) is 15.1. The van der Waals surface area contributed by atoms with E-state index in [-0.39, 0.29) is 5.91 Å². The monoisotopic (exact) mass is 299 g/mol. The smallest absolute Gasteiger partial charge is 0.253 e. The Labute approximate surface area is 131 Å². The summed E-state index contributed by atoms with van der Waals surface area (Å²) in [5.74, 6) is 0.0357. The molecule has 1 fully saturated rings. The number of likely N-dealkylation sites (tertiary alicyclic amines) is 1. The van der Waals surface area contributed by atoms with Crippen molar-refractivity contribution in [2.24, 2.45) is 0 Å². The van der Waals surface area contributed by atoms with E-state index >= 15 is 0 Å². The zero-order chi connectivity index (χ0) is 15.4. The van der Waals surface area contributed by atoms with Crippen LogP contribution in [0.1, 0.15) is 41.7 Å². The fourth-order valence-electron chi connectivity index (χ4n) is 3.35. The molecule has 0 radical (unpaired) electrons. The first-order valence-corrected chi connectivity index (χ1v) is 8.33. The largest absolute Gasteiger partial charge is 0.358 e.